The van der Waals surface area contributed by atoms with E-state index in [1.165, 1.54) is 0 Å². The summed E-state index contributed by atoms with van der Waals surface area (Å²) >= 11 is 0. The third-order valence-electron chi connectivity index (χ3n) is 7.58. The van der Waals surface area contributed by atoms with E-state index < -0.39 is 6.04 Å². The highest BCUT2D eigenvalue weighted by Gasteiger charge is 2.28. The van der Waals surface area contributed by atoms with Gasteiger partial charge in [0, 0.05) is 34.9 Å². The number of nitrogens with zero attached hydrogens (tertiary/aromatic N) is 1. The molecule has 1 aliphatic heterocycles. The molecule has 7 nitrogen and oxygen atoms in total. The largest absolute Gasteiger partial charge is 0.493 e. The first-order valence-electron chi connectivity index (χ1n) is 13.1. The maximum absolute atomic E-state index is 13.9. The molecule has 198 valence electrons. The number of benzene rings is 3. The van der Waals surface area contributed by atoms with Crippen molar-refractivity contribution in [3.05, 3.63) is 95.7 Å². The number of para-hydroxylation sites is 1. The van der Waals surface area contributed by atoms with E-state index in [2.05, 4.69) is 14.9 Å². The summed E-state index contributed by atoms with van der Waals surface area (Å²) in [7, 11) is 3.27. The van der Waals surface area contributed by atoms with Crippen LogP contribution in [0.25, 0.3) is 33.4 Å². The first-order valence-corrected chi connectivity index (χ1v) is 13.1. The van der Waals surface area contributed by atoms with Gasteiger partial charge in [0.15, 0.2) is 11.5 Å². The Morgan fingerprint density at radius 2 is 1.77 bits per heavy atom. The number of aromatic amines is 1. The highest BCUT2D eigenvalue weighted by molar-refractivity contribution is 6.02. The molecule has 0 saturated carbocycles. The molecule has 3 N–H and O–H groups in total. The minimum Gasteiger partial charge on any atom is -0.493 e. The zero-order valence-electron chi connectivity index (χ0n) is 22.0. The fourth-order valence-electron chi connectivity index (χ4n) is 5.67. The standard InChI is InChI=1S/C32H31N3O4/c1-38-29-15-21-12-13-35-28(25(21)17-30(29)39-2)16-26(31(35)20-8-4-3-5-9-20)32(37)34-23(19-36)14-22-18-33-27-11-7-6-10-24(22)27/h3-11,15-18,23,33,36H,12-14,19H2,1-2H3,(H,34,37). The number of aromatic nitrogens is 2. The van der Waals surface area contributed by atoms with Crippen LogP contribution in [0.2, 0.25) is 0 Å². The number of aryl methyl sites for hydroxylation is 1. The number of hydrogen-bond acceptors (Lipinski definition) is 4. The number of aliphatic hydroxyl groups excluding tert-OH is 1. The van der Waals surface area contributed by atoms with Crippen LogP contribution < -0.4 is 14.8 Å². The minimum atomic E-state index is -0.436. The summed E-state index contributed by atoms with van der Waals surface area (Å²) in [5.74, 6) is 1.13. The molecule has 0 fully saturated rings. The topological polar surface area (TPSA) is 88.5 Å². The molecule has 0 aliphatic carbocycles. The lowest BCUT2D eigenvalue weighted by atomic mass is 9.97. The van der Waals surface area contributed by atoms with Crippen molar-refractivity contribution in [1.82, 2.24) is 14.9 Å². The SMILES string of the molecule is COc1cc2c(cc1OC)-c1cc(C(=O)NC(CO)Cc3c[nH]c4ccccc34)c(-c3ccccc3)n1CC2. The molecule has 1 aliphatic rings. The Balaban J connectivity index is 1.39. The molecule has 3 heterocycles. The van der Waals surface area contributed by atoms with E-state index >= 15 is 0 Å². The molecule has 1 unspecified atom stereocenters. The fourth-order valence-corrected chi connectivity index (χ4v) is 5.67. The lowest BCUT2D eigenvalue weighted by Crippen LogP contribution is -2.39. The van der Waals surface area contributed by atoms with Gasteiger partial charge in [-0.25, -0.2) is 0 Å². The third-order valence-corrected chi connectivity index (χ3v) is 7.58. The Kier molecular flexibility index (Phi) is 6.59. The first-order chi connectivity index (χ1) is 19.1. The van der Waals surface area contributed by atoms with Crippen molar-refractivity contribution < 1.29 is 19.4 Å². The maximum Gasteiger partial charge on any atom is 0.253 e. The van der Waals surface area contributed by atoms with E-state index in [1.54, 1.807) is 14.2 Å². The highest BCUT2D eigenvalue weighted by Crippen LogP contribution is 2.42. The van der Waals surface area contributed by atoms with E-state index in [0.29, 0.717) is 23.5 Å². The molecule has 1 atom stereocenters. The summed E-state index contributed by atoms with van der Waals surface area (Å²) < 4.78 is 13.3. The number of fused-ring (bicyclic) bond motifs is 4. The number of carbonyl (C=O) groups excluding carboxylic acids is 1. The minimum absolute atomic E-state index is 0.167. The van der Waals surface area contributed by atoms with Crippen LogP contribution in [-0.2, 0) is 19.4 Å². The van der Waals surface area contributed by atoms with Crippen molar-refractivity contribution in [2.45, 2.75) is 25.4 Å². The van der Waals surface area contributed by atoms with E-state index in [4.69, 9.17) is 9.47 Å². The maximum atomic E-state index is 13.9. The molecule has 2 aromatic heterocycles. The lowest BCUT2D eigenvalue weighted by molar-refractivity contribution is 0.0917. The van der Waals surface area contributed by atoms with Gasteiger partial charge in [-0.05, 0) is 53.8 Å². The van der Waals surface area contributed by atoms with Crippen molar-refractivity contribution in [2.24, 2.45) is 0 Å². The average Bonchev–Trinajstić information content (AvgIpc) is 3.58. The molecule has 6 rings (SSSR count). The predicted octanol–water partition coefficient (Wildman–Crippen LogP) is 5.21. The number of H-pyrrole nitrogens is 1. The van der Waals surface area contributed by atoms with Gasteiger partial charge in [-0.15, -0.1) is 0 Å². The monoisotopic (exact) mass is 521 g/mol. The molecule has 39 heavy (non-hydrogen) atoms. The second kappa shape index (κ2) is 10.3. The number of nitrogens with one attached hydrogen (secondary N) is 2. The zero-order chi connectivity index (χ0) is 26.9. The molecular formula is C32H31N3O4. The van der Waals surface area contributed by atoms with Gasteiger partial charge in [0.25, 0.3) is 5.91 Å². The van der Waals surface area contributed by atoms with Crippen LogP contribution in [0.15, 0.2) is 79.0 Å². The summed E-state index contributed by atoms with van der Waals surface area (Å²) in [6, 6.07) is 23.6. The Morgan fingerprint density at radius 3 is 2.54 bits per heavy atom. The Hall–Kier alpha value is -4.49. The van der Waals surface area contributed by atoms with Crippen LogP contribution in [0.3, 0.4) is 0 Å². The van der Waals surface area contributed by atoms with Gasteiger partial charge in [0.1, 0.15) is 0 Å². The third kappa shape index (κ3) is 4.45. The van der Waals surface area contributed by atoms with Crippen LogP contribution in [-0.4, -0.2) is 47.4 Å². The molecule has 3 aromatic carbocycles. The molecule has 1 amide bonds. The predicted molar refractivity (Wildman–Crippen MR) is 152 cm³/mol. The van der Waals surface area contributed by atoms with Crippen molar-refractivity contribution >= 4 is 16.8 Å². The van der Waals surface area contributed by atoms with Crippen LogP contribution >= 0.6 is 0 Å². The second-order valence-corrected chi connectivity index (χ2v) is 9.84. The van der Waals surface area contributed by atoms with Crippen molar-refractivity contribution in [3.63, 3.8) is 0 Å². The average molecular weight is 522 g/mol. The van der Waals surface area contributed by atoms with E-state index in [0.717, 1.165) is 57.5 Å². The number of methoxy groups -OCH3 is 2. The van der Waals surface area contributed by atoms with Gasteiger partial charge < -0.3 is 29.4 Å². The number of amides is 1. The normalized spacial score (nSPS) is 13.0. The highest BCUT2D eigenvalue weighted by atomic mass is 16.5. The van der Waals surface area contributed by atoms with E-state index in [9.17, 15) is 9.90 Å². The first kappa shape index (κ1) is 24.8. The number of carbonyl (C=O) groups is 1. The van der Waals surface area contributed by atoms with Crippen molar-refractivity contribution in [2.75, 3.05) is 20.8 Å². The van der Waals surface area contributed by atoms with Crippen molar-refractivity contribution in [3.8, 4) is 34.0 Å². The summed E-state index contributed by atoms with van der Waals surface area (Å²) in [5.41, 5.74) is 7.63. The Labute approximate surface area is 227 Å². The van der Waals surface area contributed by atoms with E-state index in [-0.39, 0.29) is 12.5 Å². The number of rotatable bonds is 8. The van der Waals surface area contributed by atoms with Crippen LogP contribution in [0.1, 0.15) is 21.5 Å². The summed E-state index contributed by atoms with van der Waals surface area (Å²) in [6.45, 7) is 0.563. The van der Waals surface area contributed by atoms with Gasteiger partial charge in [-0.2, -0.15) is 0 Å². The second-order valence-electron chi connectivity index (χ2n) is 9.84. The summed E-state index contributed by atoms with van der Waals surface area (Å²) in [5, 5.41) is 14.4. The van der Waals surface area contributed by atoms with Gasteiger partial charge >= 0.3 is 0 Å². The molecule has 0 radical (unpaired) electrons. The van der Waals surface area contributed by atoms with Gasteiger partial charge in [0.2, 0.25) is 0 Å². The molecule has 7 heteroatoms. The molecular weight excluding hydrogens is 490 g/mol. The number of aliphatic hydroxyl groups is 1. The van der Waals surface area contributed by atoms with Crippen LogP contribution in [0, 0.1) is 0 Å². The Bertz CT molecular complexity index is 1650. The number of hydrogen-bond donors (Lipinski definition) is 3. The molecule has 0 bridgehead atoms. The summed E-state index contributed by atoms with van der Waals surface area (Å²) in [6.07, 6.45) is 3.27. The molecule has 5 aromatic rings. The van der Waals surface area contributed by atoms with E-state index in [1.807, 2.05) is 79.0 Å². The Morgan fingerprint density at radius 1 is 1.03 bits per heavy atom. The fraction of sp³-hybridized carbons (Fsp3) is 0.219. The van der Waals surface area contributed by atoms with Gasteiger partial charge in [-0.1, -0.05) is 48.5 Å². The van der Waals surface area contributed by atoms with Crippen molar-refractivity contribution in [1.29, 1.82) is 0 Å². The number of ether oxygens (including phenoxy) is 2. The zero-order valence-corrected chi connectivity index (χ0v) is 22.0. The smallest absolute Gasteiger partial charge is 0.253 e. The lowest BCUT2D eigenvalue weighted by Gasteiger charge is -2.23. The van der Waals surface area contributed by atoms with Gasteiger partial charge in [0.05, 0.1) is 38.1 Å². The van der Waals surface area contributed by atoms with Gasteiger partial charge in [-0.3, -0.25) is 4.79 Å². The molecule has 0 saturated heterocycles. The summed E-state index contributed by atoms with van der Waals surface area (Å²) in [4.78, 5) is 17.1. The molecule has 0 spiro atoms. The van der Waals surface area contributed by atoms with Crippen LogP contribution in [0.5, 0.6) is 11.5 Å². The van der Waals surface area contributed by atoms with Crippen LogP contribution in [0.4, 0.5) is 0 Å². The quantitative estimate of drug-likeness (QED) is 0.262.